The van der Waals surface area contributed by atoms with Crippen molar-refractivity contribution in [3.8, 4) is 11.6 Å². The molecule has 1 aromatic heterocycles. The minimum Gasteiger partial charge on any atom is -0.436 e. The summed E-state index contributed by atoms with van der Waals surface area (Å²) in [5, 5.41) is 0.936. The predicted molar refractivity (Wildman–Crippen MR) is 73.4 cm³/mol. The van der Waals surface area contributed by atoms with Gasteiger partial charge in [-0.1, -0.05) is 29.3 Å². The highest BCUT2D eigenvalue weighted by Gasteiger charge is 2.08. The van der Waals surface area contributed by atoms with Gasteiger partial charge in [-0.3, -0.25) is 0 Å². The molecule has 0 aliphatic rings. The van der Waals surface area contributed by atoms with Gasteiger partial charge in [0.1, 0.15) is 10.8 Å². The number of halogens is 2. The molecule has 0 saturated carbocycles. The Labute approximate surface area is 115 Å². The molecule has 0 radical (unpaired) electrons. The van der Waals surface area contributed by atoms with E-state index in [2.05, 4.69) is 4.98 Å². The van der Waals surface area contributed by atoms with Crippen LogP contribution in [0, 0.1) is 6.92 Å². The van der Waals surface area contributed by atoms with Crippen LogP contribution in [0.4, 0.5) is 0 Å². The Balaban J connectivity index is 2.28. The van der Waals surface area contributed by atoms with Gasteiger partial charge in [0.25, 0.3) is 0 Å². The van der Waals surface area contributed by atoms with Crippen molar-refractivity contribution in [1.82, 2.24) is 4.98 Å². The third-order valence-corrected chi connectivity index (χ3v) is 2.96. The van der Waals surface area contributed by atoms with Crippen molar-refractivity contribution < 1.29 is 4.74 Å². The van der Waals surface area contributed by atoms with Crippen molar-refractivity contribution in [2.75, 3.05) is 0 Å². The second-order valence-corrected chi connectivity index (χ2v) is 4.69. The average molecular weight is 283 g/mol. The average Bonchev–Trinajstić information content (AvgIpc) is 2.34. The molecule has 0 atom stereocenters. The zero-order valence-corrected chi connectivity index (χ0v) is 11.3. The van der Waals surface area contributed by atoms with Crippen molar-refractivity contribution in [2.24, 2.45) is 5.73 Å². The molecule has 2 aromatic rings. The maximum Gasteiger partial charge on any atom is 0.238 e. The zero-order chi connectivity index (χ0) is 13.1. The highest BCUT2D eigenvalue weighted by molar-refractivity contribution is 6.32. The van der Waals surface area contributed by atoms with E-state index in [1.165, 1.54) is 0 Å². The number of aryl methyl sites for hydroxylation is 1. The minimum absolute atomic E-state index is 0.319. The van der Waals surface area contributed by atoms with Gasteiger partial charge < -0.3 is 10.5 Å². The molecule has 0 amide bonds. The summed E-state index contributed by atoms with van der Waals surface area (Å²) >= 11 is 12.1. The number of hydrogen-bond donors (Lipinski definition) is 1. The van der Waals surface area contributed by atoms with Crippen molar-refractivity contribution in [3.63, 3.8) is 0 Å². The third kappa shape index (κ3) is 2.93. The number of aromatic nitrogens is 1. The fourth-order valence-electron chi connectivity index (χ4n) is 1.44. The largest absolute Gasteiger partial charge is 0.436 e. The summed E-state index contributed by atoms with van der Waals surface area (Å²) in [5.74, 6) is 0.844. The fourth-order valence-corrected chi connectivity index (χ4v) is 1.95. The molecule has 18 heavy (non-hydrogen) atoms. The first-order valence-electron chi connectivity index (χ1n) is 5.38. The van der Waals surface area contributed by atoms with E-state index in [9.17, 15) is 0 Å². The summed E-state index contributed by atoms with van der Waals surface area (Å²) < 4.78 is 5.58. The number of ether oxygens (including phenoxy) is 1. The standard InChI is InChI=1S/C13H12Cl2N2O/c1-8-2-3-12(10(14)4-8)18-13-11(15)5-9(6-16)7-17-13/h2-5,7H,6,16H2,1H3. The summed E-state index contributed by atoms with van der Waals surface area (Å²) in [4.78, 5) is 4.12. The number of benzene rings is 1. The lowest BCUT2D eigenvalue weighted by molar-refractivity contribution is 0.463. The first kappa shape index (κ1) is 13.1. The number of rotatable bonds is 3. The molecule has 0 unspecified atom stereocenters. The lowest BCUT2D eigenvalue weighted by Crippen LogP contribution is -1.98. The van der Waals surface area contributed by atoms with Crippen LogP contribution in [0.3, 0.4) is 0 Å². The van der Waals surface area contributed by atoms with Gasteiger partial charge in [0.05, 0.1) is 5.02 Å². The van der Waals surface area contributed by atoms with Gasteiger partial charge in [0.2, 0.25) is 5.88 Å². The van der Waals surface area contributed by atoms with Crippen LogP contribution in [-0.2, 0) is 6.54 Å². The molecule has 1 heterocycles. The molecular formula is C13H12Cl2N2O. The maximum atomic E-state index is 6.07. The smallest absolute Gasteiger partial charge is 0.238 e. The summed E-state index contributed by atoms with van der Waals surface area (Å²) in [6.07, 6.45) is 1.63. The molecule has 0 bridgehead atoms. The molecule has 0 saturated heterocycles. The monoisotopic (exact) mass is 282 g/mol. The highest BCUT2D eigenvalue weighted by Crippen LogP contribution is 2.32. The molecule has 94 valence electrons. The van der Waals surface area contributed by atoms with Gasteiger partial charge in [-0.15, -0.1) is 0 Å². The Morgan fingerprint density at radius 2 is 2.00 bits per heavy atom. The van der Waals surface area contributed by atoms with Gasteiger partial charge in [-0.25, -0.2) is 4.98 Å². The van der Waals surface area contributed by atoms with Crippen LogP contribution in [0.15, 0.2) is 30.5 Å². The second kappa shape index (κ2) is 5.57. The lowest BCUT2D eigenvalue weighted by atomic mass is 10.2. The van der Waals surface area contributed by atoms with Gasteiger partial charge in [-0.2, -0.15) is 0 Å². The normalized spacial score (nSPS) is 10.4. The van der Waals surface area contributed by atoms with Gasteiger partial charge in [0.15, 0.2) is 0 Å². The number of nitrogens with two attached hydrogens (primary N) is 1. The summed E-state index contributed by atoms with van der Waals surface area (Å²) in [5.41, 5.74) is 7.41. The Kier molecular flexibility index (Phi) is 4.07. The van der Waals surface area contributed by atoms with Gasteiger partial charge in [-0.05, 0) is 36.2 Å². The molecular weight excluding hydrogens is 271 g/mol. The molecule has 0 aliphatic heterocycles. The molecule has 3 nitrogen and oxygen atoms in total. The van der Waals surface area contributed by atoms with E-state index in [1.807, 2.05) is 19.1 Å². The molecule has 0 fully saturated rings. The van der Waals surface area contributed by atoms with Crippen molar-refractivity contribution in [3.05, 3.63) is 51.6 Å². The van der Waals surface area contributed by atoms with Crippen LogP contribution in [0.5, 0.6) is 11.6 Å². The highest BCUT2D eigenvalue weighted by atomic mass is 35.5. The van der Waals surface area contributed by atoms with Crippen LogP contribution < -0.4 is 10.5 Å². The van der Waals surface area contributed by atoms with Gasteiger partial charge in [0, 0.05) is 12.7 Å². The SMILES string of the molecule is Cc1ccc(Oc2ncc(CN)cc2Cl)c(Cl)c1. The molecule has 2 N–H and O–H groups in total. The first-order chi connectivity index (χ1) is 8.60. The van der Waals surface area contributed by atoms with E-state index in [1.54, 1.807) is 18.3 Å². The summed E-state index contributed by atoms with van der Waals surface area (Å²) in [6.45, 7) is 2.34. The van der Waals surface area contributed by atoms with Crippen molar-refractivity contribution >= 4 is 23.2 Å². The third-order valence-electron chi connectivity index (χ3n) is 2.39. The van der Waals surface area contributed by atoms with E-state index >= 15 is 0 Å². The van der Waals surface area contributed by atoms with Crippen LogP contribution in [0.25, 0.3) is 0 Å². The Morgan fingerprint density at radius 3 is 2.61 bits per heavy atom. The lowest BCUT2D eigenvalue weighted by Gasteiger charge is -2.09. The number of pyridine rings is 1. The Bertz CT molecular complexity index is 573. The Morgan fingerprint density at radius 1 is 1.22 bits per heavy atom. The second-order valence-electron chi connectivity index (χ2n) is 3.87. The number of hydrogen-bond acceptors (Lipinski definition) is 3. The molecule has 0 aliphatic carbocycles. The number of nitrogens with zero attached hydrogens (tertiary/aromatic N) is 1. The van der Waals surface area contributed by atoms with Gasteiger partial charge >= 0.3 is 0 Å². The molecule has 2 rings (SSSR count). The van der Waals surface area contributed by atoms with E-state index in [4.69, 9.17) is 33.7 Å². The minimum atomic E-state index is 0.319. The summed E-state index contributed by atoms with van der Waals surface area (Å²) in [6, 6.07) is 7.24. The first-order valence-corrected chi connectivity index (χ1v) is 6.14. The summed E-state index contributed by atoms with van der Waals surface area (Å²) in [7, 11) is 0. The molecule has 0 spiro atoms. The zero-order valence-electron chi connectivity index (χ0n) is 9.78. The quantitative estimate of drug-likeness (QED) is 0.927. The van der Waals surface area contributed by atoms with Crippen LogP contribution in [0.2, 0.25) is 10.0 Å². The van der Waals surface area contributed by atoms with E-state index < -0.39 is 0 Å². The topological polar surface area (TPSA) is 48.1 Å². The van der Waals surface area contributed by atoms with E-state index in [0.29, 0.717) is 28.2 Å². The predicted octanol–water partition coefficient (Wildman–Crippen LogP) is 3.95. The van der Waals surface area contributed by atoms with Crippen molar-refractivity contribution in [1.29, 1.82) is 0 Å². The van der Waals surface area contributed by atoms with E-state index in [-0.39, 0.29) is 0 Å². The molecule has 1 aromatic carbocycles. The van der Waals surface area contributed by atoms with Crippen molar-refractivity contribution in [2.45, 2.75) is 13.5 Å². The Hall–Kier alpha value is -1.29. The maximum absolute atomic E-state index is 6.07. The molecule has 5 heteroatoms. The van der Waals surface area contributed by atoms with E-state index in [0.717, 1.165) is 11.1 Å². The van der Waals surface area contributed by atoms with Crippen LogP contribution in [0.1, 0.15) is 11.1 Å². The fraction of sp³-hybridized carbons (Fsp3) is 0.154. The van der Waals surface area contributed by atoms with Crippen LogP contribution >= 0.6 is 23.2 Å². The van der Waals surface area contributed by atoms with Crippen LogP contribution in [-0.4, -0.2) is 4.98 Å².